The van der Waals surface area contributed by atoms with Crippen LogP contribution in [-0.4, -0.2) is 25.5 Å². The van der Waals surface area contributed by atoms with E-state index in [9.17, 15) is 9.59 Å². The molecule has 0 radical (unpaired) electrons. The summed E-state index contributed by atoms with van der Waals surface area (Å²) in [6.45, 7) is 0.801. The third-order valence-corrected chi connectivity index (χ3v) is 5.47. The molecule has 1 N–H and O–H groups in total. The predicted molar refractivity (Wildman–Crippen MR) is 110 cm³/mol. The lowest BCUT2D eigenvalue weighted by Gasteiger charge is -2.30. The highest BCUT2D eigenvalue weighted by Crippen LogP contribution is 2.36. The molecule has 1 heterocycles. The standard InChI is InChI=1S/C23H26N2O3/c1-28-20-10-4-16(5-11-20)6-13-22(26)24-19-9-12-21-18(15-19)3-2-14-25(21)23(27)17-7-8-17/h4-5,9-12,15,17H,2-3,6-8,13-14H2,1H3,(H,24,26). The van der Waals surface area contributed by atoms with Crippen LogP contribution < -0.4 is 15.0 Å². The van der Waals surface area contributed by atoms with E-state index >= 15 is 0 Å². The van der Waals surface area contributed by atoms with Crippen LogP contribution in [0.1, 0.15) is 36.8 Å². The number of benzene rings is 2. The van der Waals surface area contributed by atoms with Gasteiger partial charge in [-0.3, -0.25) is 9.59 Å². The highest BCUT2D eigenvalue weighted by atomic mass is 16.5. The van der Waals surface area contributed by atoms with Gasteiger partial charge in [0.2, 0.25) is 11.8 Å². The number of nitrogens with one attached hydrogen (secondary N) is 1. The zero-order valence-electron chi connectivity index (χ0n) is 16.2. The molecule has 0 aromatic heterocycles. The smallest absolute Gasteiger partial charge is 0.230 e. The second-order valence-electron chi connectivity index (χ2n) is 7.61. The van der Waals surface area contributed by atoms with E-state index in [0.29, 0.717) is 12.8 Å². The Kier molecular flexibility index (Phi) is 5.33. The number of anilines is 2. The van der Waals surface area contributed by atoms with Crippen LogP contribution in [0.4, 0.5) is 11.4 Å². The molecule has 5 nitrogen and oxygen atoms in total. The lowest BCUT2D eigenvalue weighted by molar-refractivity contribution is -0.120. The van der Waals surface area contributed by atoms with Gasteiger partial charge >= 0.3 is 0 Å². The fourth-order valence-electron chi connectivity index (χ4n) is 3.73. The van der Waals surface area contributed by atoms with Crippen LogP contribution in [0.5, 0.6) is 5.75 Å². The average Bonchev–Trinajstić information content (AvgIpc) is 3.57. The third kappa shape index (κ3) is 4.19. The van der Waals surface area contributed by atoms with Crippen LogP contribution in [0.2, 0.25) is 0 Å². The molecule has 28 heavy (non-hydrogen) atoms. The molecule has 1 saturated carbocycles. The predicted octanol–water partition coefficient (Wildman–Crippen LogP) is 3.96. The number of hydrogen-bond acceptors (Lipinski definition) is 3. The number of aryl methyl sites for hydroxylation is 2. The lowest BCUT2D eigenvalue weighted by Crippen LogP contribution is -2.36. The van der Waals surface area contributed by atoms with Gasteiger partial charge in [0.15, 0.2) is 0 Å². The summed E-state index contributed by atoms with van der Waals surface area (Å²) < 4.78 is 5.15. The first-order valence-corrected chi connectivity index (χ1v) is 10.0. The van der Waals surface area contributed by atoms with Crippen molar-refractivity contribution in [1.29, 1.82) is 0 Å². The van der Waals surface area contributed by atoms with E-state index in [1.54, 1.807) is 7.11 Å². The number of amides is 2. The van der Waals surface area contributed by atoms with Gasteiger partial charge in [0.1, 0.15) is 5.75 Å². The quantitative estimate of drug-likeness (QED) is 0.828. The van der Waals surface area contributed by atoms with Gasteiger partial charge in [-0.2, -0.15) is 0 Å². The van der Waals surface area contributed by atoms with Gasteiger partial charge in [-0.15, -0.1) is 0 Å². The van der Waals surface area contributed by atoms with Gasteiger partial charge in [-0.05, 0) is 73.6 Å². The van der Waals surface area contributed by atoms with Crippen LogP contribution in [0.25, 0.3) is 0 Å². The van der Waals surface area contributed by atoms with Crippen molar-refractivity contribution in [3.63, 3.8) is 0 Å². The van der Waals surface area contributed by atoms with Gasteiger partial charge in [0, 0.05) is 30.3 Å². The monoisotopic (exact) mass is 378 g/mol. The van der Waals surface area contributed by atoms with E-state index in [1.165, 1.54) is 0 Å². The van der Waals surface area contributed by atoms with Crippen molar-refractivity contribution in [2.45, 2.75) is 38.5 Å². The van der Waals surface area contributed by atoms with Crippen LogP contribution in [-0.2, 0) is 22.4 Å². The summed E-state index contributed by atoms with van der Waals surface area (Å²) in [6.07, 6.45) is 5.07. The number of ether oxygens (including phenoxy) is 1. The summed E-state index contributed by atoms with van der Waals surface area (Å²) in [7, 11) is 1.64. The largest absolute Gasteiger partial charge is 0.497 e. The second-order valence-corrected chi connectivity index (χ2v) is 7.61. The van der Waals surface area contributed by atoms with Crippen LogP contribution in [0, 0.1) is 5.92 Å². The maximum Gasteiger partial charge on any atom is 0.230 e. The first-order valence-electron chi connectivity index (χ1n) is 10.0. The Bertz CT molecular complexity index is 872. The van der Waals surface area contributed by atoms with Crippen molar-refractivity contribution in [1.82, 2.24) is 0 Å². The SMILES string of the molecule is COc1ccc(CCC(=O)Nc2ccc3c(c2)CCCN3C(=O)C2CC2)cc1. The van der Waals surface area contributed by atoms with Gasteiger partial charge in [-0.25, -0.2) is 0 Å². The number of rotatable bonds is 6. The van der Waals surface area contributed by atoms with E-state index in [4.69, 9.17) is 4.74 Å². The number of nitrogens with zero attached hydrogens (tertiary/aromatic N) is 1. The summed E-state index contributed by atoms with van der Waals surface area (Å²) in [4.78, 5) is 26.8. The minimum absolute atomic E-state index is 0.00232. The van der Waals surface area contributed by atoms with E-state index in [0.717, 1.165) is 60.5 Å². The Morgan fingerprint density at radius 1 is 1.14 bits per heavy atom. The maximum absolute atomic E-state index is 12.5. The summed E-state index contributed by atoms with van der Waals surface area (Å²) >= 11 is 0. The molecule has 0 bridgehead atoms. The number of hydrogen-bond donors (Lipinski definition) is 1. The van der Waals surface area contributed by atoms with E-state index in [2.05, 4.69) is 5.32 Å². The molecular formula is C23H26N2O3. The Morgan fingerprint density at radius 2 is 1.93 bits per heavy atom. The highest BCUT2D eigenvalue weighted by molar-refractivity contribution is 5.98. The van der Waals surface area contributed by atoms with Crippen molar-refractivity contribution in [3.8, 4) is 5.75 Å². The number of fused-ring (bicyclic) bond motifs is 1. The Morgan fingerprint density at radius 3 is 2.64 bits per heavy atom. The summed E-state index contributed by atoms with van der Waals surface area (Å²) in [5.74, 6) is 1.30. The highest BCUT2D eigenvalue weighted by Gasteiger charge is 2.35. The molecule has 2 aliphatic rings. The molecule has 146 valence electrons. The molecule has 0 unspecified atom stereocenters. The summed E-state index contributed by atoms with van der Waals surface area (Å²) in [5.41, 5.74) is 4.07. The van der Waals surface area contributed by atoms with Gasteiger partial charge in [-0.1, -0.05) is 12.1 Å². The molecule has 0 saturated heterocycles. The van der Waals surface area contributed by atoms with Gasteiger partial charge < -0.3 is 15.0 Å². The molecular weight excluding hydrogens is 352 g/mol. The van der Waals surface area contributed by atoms with E-state index in [-0.39, 0.29) is 17.7 Å². The van der Waals surface area contributed by atoms with Crippen molar-refractivity contribution in [2.24, 2.45) is 5.92 Å². The van der Waals surface area contributed by atoms with Crippen molar-refractivity contribution in [2.75, 3.05) is 23.9 Å². The summed E-state index contributed by atoms with van der Waals surface area (Å²) in [5, 5.41) is 3.00. The Balaban J connectivity index is 1.36. The second kappa shape index (κ2) is 8.05. The van der Waals surface area contributed by atoms with Crippen molar-refractivity contribution >= 4 is 23.2 Å². The minimum Gasteiger partial charge on any atom is -0.497 e. The molecule has 2 aromatic rings. The van der Waals surface area contributed by atoms with Crippen LogP contribution >= 0.6 is 0 Å². The Hall–Kier alpha value is -2.82. The van der Waals surface area contributed by atoms with E-state index in [1.807, 2.05) is 47.4 Å². The van der Waals surface area contributed by atoms with Gasteiger partial charge in [0.25, 0.3) is 0 Å². The van der Waals surface area contributed by atoms with Crippen molar-refractivity contribution in [3.05, 3.63) is 53.6 Å². The first kappa shape index (κ1) is 18.5. The third-order valence-electron chi connectivity index (χ3n) is 5.47. The minimum atomic E-state index is -0.00232. The fraction of sp³-hybridized carbons (Fsp3) is 0.391. The zero-order valence-corrected chi connectivity index (χ0v) is 16.2. The summed E-state index contributed by atoms with van der Waals surface area (Å²) in [6, 6.07) is 13.7. The molecule has 4 rings (SSSR count). The molecule has 0 spiro atoms. The molecule has 0 atom stereocenters. The number of carbonyl (C=O) groups excluding carboxylic acids is 2. The number of methoxy groups -OCH3 is 1. The molecule has 1 aliphatic carbocycles. The van der Waals surface area contributed by atoms with Crippen LogP contribution in [0.3, 0.4) is 0 Å². The van der Waals surface area contributed by atoms with Crippen molar-refractivity contribution < 1.29 is 14.3 Å². The maximum atomic E-state index is 12.5. The zero-order chi connectivity index (χ0) is 19.5. The molecule has 1 aliphatic heterocycles. The normalized spacial score (nSPS) is 15.7. The molecule has 5 heteroatoms. The first-order chi connectivity index (χ1) is 13.6. The van der Waals surface area contributed by atoms with E-state index < -0.39 is 0 Å². The number of carbonyl (C=O) groups is 2. The Labute approximate surface area is 165 Å². The average molecular weight is 378 g/mol. The fourth-order valence-corrected chi connectivity index (χ4v) is 3.73. The van der Waals surface area contributed by atoms with Crippen LogP contribution in [0.15, 0.2) is 42.5 Å². The van der Waals surface area contributed by atoms with Gasteiger partial charge in [0.05, 0.1) is 7.11 Å². The lowest BCUT2D eigenvalue weighted by atomic mass is 10.00. The molecule has 1 fully saturated rings. The molecule has 2 amide bonds. The molecule has 2 aromatic carbocycles. The topological polar surface area (TPSA) is 58.6 Å².